The fourth-order valence-electron chi connectivity index (χ4n) is 3.30. The van der Waals surface area contributed by atoms with Gasteiger partial charge in [-0.1, -0.05) is 0 Å². The molecule has 0 bridgehead atoms. The number of benzene rings is 1. The predicted octanol–water partition coefficient (Wildman–Crippen LogP) is 2.80. The highest BCUT2D eigenvalue weighted by atomic mass is 16.5. The van der Waals surface area contributed by atoms with Crippen LogP contribution in [0.3, 0.4) is 0 Å². The third kappa shape index (κ3) is 8.50. The first-order valence-electron chi connectivity index (χ1n) is 10.5. The van der Waals surface area contributed by atoms with Crippen LogP contribution in [0, 0.1) is 0 Å². The summed E-state index contributed by atoms with van der Waals surface area (Å²) < 4.78 is 10.6. The Hall–Kier alpha value is -1.99. The molecule has 0 aliphatic rings. The Labute approximate surface area is 176 Å². The minimum absolute atomic E-state index is 0.225. The molecule has 29 heavy (non-hydrogen) atoms. The summed E-state index contributed by atoms with van der Waals surface area (Å²) in [6.07, 6.45) is 0.236. The summed E-state index contributed by atoms with van der Waals surface area (Å²) in [4.78, 5) is 7.02. The third-order valence-corrected chi connectivity index (χ3v) is 4.77. The topological polar surface area (TPSA) is 78.4 Å². The normalized spacial score (nSPS) is 13.1. The van der Waals surface area contributed by atoms with E-state index in [0.717, 1.165) is 26.1 Å². The predicted molar refractivity (Wildman–Crippen MR) is 120 cm³/mol. The molecule has 0 saturated heterocycles. The van der Waals surface area contributed by atoms with E-state index in [1.54, 1.807) is 26.4 Å². The number of ether oxygens (including phenoxy) is 2. The molecule has 0 aliphatic heterocycles. The molecule has 7 nitrogen and oxygen atoms in total. The molecule has 3 N–H and O–H groups in total. The highest BCUT2D eigenvalue weighted by Crippen LogP contribution is 2.29. The molecule has 1 rings (SSSR count). The molecule has 0 amide bonds. The van der Waals surface area contributed by atoms with Crippen LogP contribution in [-0.4, -0.2) is 68.4 Å². The van der Waals surface area contributed by atoms with Crippen LogP contribution in [0.15, 0.2) is 23.2 Å². The van der Waals surface area contributed by atoms with Crippen LogP contribution in [0.2, 0.25) is 0 Å². The van der Waals surface area contributed by atoms with Crippen LogP contribution in [0.4, 0.5) is 0 Å². The summed E-state index contributed by atoms with van der Waals surface area (Å²) in [6, 6.07) is 6.45. The highest BCUT2D eigenvalue weighted by molar-refractivity contribution is 5.79. The summed E-state index contributed by atoms with van der Waals surface area (Å²) in [5.41, 5.74) is 0.663. The number of hydrogen-bond donors (Lipinski definition) is 3. The lowest BCUT2D eigenvalue weighted by Gasteiger charge is -2.30. The largest absolute Gasteiger partial charge is 0.497 e. The molecule has 0 radical (unpaired) electrons. The number of rotatable bonds is 12. The molecule has 0 aliphatic carbocycles. The van der Waals surface area contributed by atoms with E-state index in [4.69, 9.17) is 9.47 Å². The molecule has 1 unspecified atom stereocenters. The summed E-state index contributed by atoms with van der Waals surface area (Å²) in [6.45, 7) is 13.8. The summed E-state index contributed by atoms with van der Waals surface area (Å²) in [5, 5.41) is 17.2. The minimum Gasteiger partial charge on any atom is -0.497 e. The molecule has 0 aromatic heterocycles. The fraction of sp³-hybridized carbons (Fsp3) is 0.682. The van der Waals surface area contributed by atoms with E-state index >= 15 is 0 Å². The van der Waals surface area contributed by atoms with Gasteiger partial charge in [-0.15, -0.1) is 0 Å². The standard InChI is InChI=1S/C22H40N4O3/c1-8-23-22(24-12-9-13-26(16(2)3)17(4)5)25-15-20(27)19-14-18(28-6)10-11-21(19)29-7/h10-11,14,16-17,20,27H,8-9,12-13,15H2,1-7H3,(H2,23,24,25). The second kappa shape index (κ2) is 13.3. The maximum atomic E-state index is 10.6. The average Bonchev–Trinajstić information content (AvgIpc) is 2.70. The van der Waals surface area contributed by atoms with Gasteiger partial charge in [0, 0.05) is 37.3 Å². The lowest BCUT2D eigenvalue weighted by molar-refractivity contribution is 0.173. The van der Waals surface area contributed by atoms with Crippen molar-refractivity contribution in [1.29, 1.82) is 0 Å². The lowest BCUT2D eigenvalue weighted by atomic mass is 10.1. The molecular formula is C22H40N4O3. The Morgan fingerprint density at radius 1 is 1.10 bits per heavy atom. The quantitative estimate of drug-likeness (QED) is 0.280. The van der Waals surface area contributed by atoms with E-state index in [1.807, 2.05) is 13.0 Å². The molecule has 0 fully saturated rings. The van der Waals surface area contributed by atoms with Gasteiger partial charge in [0.25, 0.3) is 0 Å². The Bertz CT molecular complexity index is 612. The molecule has 1 aromatic rings. The monoisotopic (exact) mass is 408 g/mol. The maximum absolute atomic E-state index is 10.6. The van der Waals surface area contributed by atoms with Crippen LogP contribution in [0.1, 0.15) is 52.7 Å². The number of aliphatic imine (C=N–C) groups is 1. The van der Waals surface area contributed by atoms with Gasteiger partial charge in [-0.3, -0.25) is 9.89 Å². The third-order valence-electron chi connectivity index (χ3n) is 4.77. The zero-order chi connectivity index (χ0) is 21.8. The number of nitrogens with one attached hydrogen (secondary N) is 2. The zero-order valence-corrected chi connectivity index (χ0v) is 19.2. The lowest BCUT2D eigenvalue weighted by Crippen LogP contribution is -2.41. The van der Waals surface area contributed by atoms with E-state index in [9.17, 15) is 5.11 Å². The molecule has 0 saturated carbocycles. The minimum atomic E-state index is -0.784. The molecule has 1 aromatic carbocycles. The maximum Gasteiger partial charge on any atom is 0.191 e. The molecule has 0 heterocycles. The van der Waals surface area contributed by atoms with Crippen molar-refractivity contribution in [1.82, 2.24) is 15.5 Å². The van der Waals surface area contributed by atoms with Gasteiger partial charge in [0.2, 0.25) is 0 Å². The van der Waals surface area contributed by atoms with Gasteiger partial charge in [-0.2, -0.15) is 0 Å². The van der Waals surface area contributed by atoms with Gasteiger partial charge >= 0.3 is 0 Å². The van der Waals surface area contributed by atoms with Gasteiger partial charge in [0.05, 0.1) is 20.8 Å². The molecular weight excluding hydrogens is 368 g/mol. The van der Waals surface area contributed by atoms with Crippen LogP contribution < -0.4 is 20.1 Å². The van der Waals surface area contributed by atoms with E-state index in [1.165, 1.54) is 0 Å². The first-order valence-corrected chi connectivity index (χ1v) is 10.5. The van der Waals surface area contributed by atoms with E-state index in [2.05, 4.69) is 48.2 Å². The summed E-state index contributed by atoms with van der Waals surface area (Å²) in [7, 11) is 3.19. The van der Waals surface area contributed by atoms with E-state index in [-0.39, 0.29) is 6.54 Å². The number of aliphatic hydroxyl groups excluding tert-OH is 1. The number of aliphatic hydroxyl groups is 1. The van der Waals surface area contributed by atoms with Gasteiger partial charge in [-0.25, -0.2) is 0 Å². The SMILES string of the molecule is CCNC(=NCC(O)c1cc(OC)ccc1OC)NCCCN(C(C)C)C(C)C. The Morgan fingerprint density at radius 2 is 1.79 bits per heavy atom. The molecule has 1 atom stereocenters. The number of guanidine groups is 1. The highest BCUT2D eigenvalue weighted by Gasteiger charge is 2.15. The Balaban J connectivity index is 2.67. The van der Waals surface area contributed by atoms with E-state index < -0.39 is 6.10 Å². The van der Waals surface area contributed by atoms with Crippen LogP contribution >= 0.6 is 0 Å². The second-order valence-corrected chi connectivity index (χ2v) is 7.55. The van der Waals surface area contributed by atoms with Crippen molar-refractivity contribution in [2.24, 2.45) is 4.99 Å². The van der Waals surface area contributed by atoms with Crippen molar-refractivity contribution in [2.75, 3.05) is 40.4 Å². The van der Waals surface area contributed by atoms with Crippen molar-refractivity contribution >= 4 is 5.96 Å². The van der Waals surface area contributed by atoms with Gasteiger partial charge in [0.15, 0.2) is 5.96 Å². The second-order valence-electron chi connectivity index (χ2n) is 7.55. The van der Waals surface area contributed by atoms with Crippen molar-refractivity contribution in [2.45, 2.75) is 59.2 Å². The average molecular weight is 409 g/mol. The van der Waals surface area contributed by atoms with Gasteiger partial charge in [0.1, 0.15) is 17.6 Å². The van der Waals surface area contributed by atoms with Crippen LogP contribution in [0.25, 0.3) is 0 Å². The van der Waals surface area contributed by atoms with Gasteiger partial charge < -0.3 is 25.2 Å². The molecule has 166 valence electrons. The number of hydrogen-bond acceptors (Lipinski definition) is 5. The van der Waals surface area contributed by atoms with Crippen molar-refractivity contribution in [3.8, 4) is 11.5 Å². The van der Waals surface area contributed by atoms with Gasteiger partial charge in [-0.05, 0) is 59.2 Å². The zero-order valence-electron chi connectivity index (χ0n) is 19.2. The van der Waals surface area contributed by atoms with Crippen molar-refractivity contribution in [3.63, 3.8) is 0 Å². The van der Waals surface area contributed by atoms with Crippen molar-refractivity contribution < 1.29 is 14.6 Å². The summed E-state index contributed by atoms with van der Waals surface area (Å²) >= 11 is 0. The van der Waals surface area contributed by atoms with E-state index in [0.29, 0.717) is 35.1 Å². The first kappa shape index (κ1) is 25.0. The van der Waals surface area contributed by atoms with Crippen molar-refractivity contribution in [3.05, 3.63) is 23.8 Å². The summed E-state index contributed by atoms with van der Waals surface area (Å²) in [5.74, 6) is 2.00. The smallest absolute Gasteiger partial charge is 0.191 e. The molecule has 7 heteroatoms. The Kier molecular flexibility index (Phi) is 11.5. The van der Waals surface area contributed by atoms with Crippen LogP contribution in [0.5, 0.6) is 11.5 Å². The first-order chi connectivity index (χ1) is 13.8. The number of nitrogens with zero attached hydrogens (tertiary/aromatic N) is 2. The molecule has 0 spiro atoms. The van der Waals surface area contributed by atoms with Crippen LogP contribution in [-0.2, 0) is 0 Å². The fourth-order valence-corrected chi connectivity index (χ4v) is 3.30. The Morgan fingerprint density at radius 3 is 2.34 bits per heavy atom. The number of methoxy groups -OCH3 is 2.